The molecule has 2 aliphatic carbocycles. The summed E-state index contributed by atoms with van der Waals surface area (Å²) >= 11 is 0. The summed E-state index contributed by atoms with van der Waals surface area (Å²) in [6.45, 7) is 7.22. The molecule has 0 bridgehead atoms. The molecule has 2 heteroatoms. The van der Waals surface area contributed by atoms with Crippen LogP contribution in [0, 0.1) is 29.6 Å². The molecule has 0 saturated heterocycles. The summed E-state index contributed by atoms with van der Waals surface area (Å²) in [6, 6.07) is 0. The first-order valence-corrected chi connectivity index (χ1v) is 10.8. The Bertz CT molecular complexity index is 349. The molecular weight excluding hydrogens is 296 g/mol. The van der Waals surface area contributed by atoms with Crippen LogP contribution in [-0.4, -0.2) is 12.6 Å². The summed E-state index contributed by atoms with van der Waals surface area (Å²) < 4.78 is 5.53. The molecule has 0 spiro atoms. The number of ether oxygens (including phenoxy) is 1. The summed E-state index contributed by atoms with van der Waals surface area (Å²) in [5.74, 6) is 3.60. The second-order valence-electron chi connectivity index (χ2n) is 8.68. The van der Waals surface area contributed by atoms with Crippen molar-refractivity contribution in [1.29, 1.82) is 0 Å². The van der Waals surface area contributed by atoms with E-state index in [9.17, 15) is 4.79 Å². The molecule has 0 amide bonds. The molecular formula is C22H40O2. The van der Waals surface area contributed by atoms with Crippen LogP contribution in [0.2, 0.25) is 0 Å². The first-order valence-electron chi connectivity index (χ1n) is 10.8. The van der Waals surface area contributed by atoms with Crippen molar-refractivity contribution in [2.75, 3.05) is 6.61 Å². The Morgan fingerprint density at radius 2 is 1.54 bits per heavy atom. The summed E-state index contributed by atoms with van der Waals surface area (Å²) in [5, 5.41) is 0. The molecule has 0 aromatic heterocycles. The number of rotatable bonds is 8. The Morgan fingerprint density at radius 1 is 0.958 bits per heavy atom. The van der Waals surface area contributed by atoms with Crippen molar-refractivity contribution in [1.82, 2.24) is 0 Å². The van der Waals surface area contributed by atoms with Gasteiger partial charge in [-0.1, -0.05) is 59.3 Å². The van der Waals surface area contributed by atoms with E-state index in [1.807, 2.05) is 0 Å². The van der Waals surface area contributed by atoms with Gasteiger partial charge in [0.1, 0.15) is 0 Å². The van der Waals surface area contributed by atoms with Gasteiger partial charge in [0, 0.05) is 0 Å². The summed E-state index contributed by atoms with van der Waals surface area (Å²) in [6.07, 6.45) is 15.8. The lowest BCUT2D eigenvalue weighted by molar-refractivity contribution is -0.151. The molecule has 24 heavy (non-hydrogen) atoms. The predicted molar refractivity (Wildman–Crippen MR) is 101 cm³/mol. The maximum atomic E-state index is 12.2. The van der Waals surface area contributed by atoms with Gasteiger partial charge < -0.3 is 4.74 Å². The van der Waals surface area contributed by atoms with E-state index in [2.05, 4.69) is 20.8 Å². The number of hydrogen-bond acceptors (Lipinski definition) is 2. The van der Waals surface area contributed by atoms with Crippen molar-refractivity contribution < 1.29 is 9.53 Å². The van der Waals surface area contributed by atoms with Crippen LogP contribution >= 0.6 is 0 Å². The maximum absolute atomic E-state index is 12.2. The van der Waals surface area contributed by atoms with Crippen molar-refractivity contribution in [2.24, 2.45) is 29.6 Å². The van der Waals surface area contributed by atoms with Gasteiger partial charge in [0.15, 0.2) is 0 Å². The highest BCUT2D eigenvalue weighted by atomic mass is 16.5. The van der Waals surface area contributed by atoms with Crippen LogP contribution in [0.25, 0.3) is 0 Å². The Kier molecular flexibility index (Phi) is 8.62. The number of unbranched alkanes of at least 4 members (excludes halogenated alkanes) is 1. The Balaban J connectivity index is 1.65. The van der Waals surface area contributed by atoms with Crippen LogP contribution < -0.4 is 0 Å². The van der Waals surface area contributed by atoms with Crippen LogP contribution in [0.4, 0.5) is 0 Å². The standard InChI is InChI=1S/C22H40O2/c1-4-6-7-18-8-10-19(11-9-18)20-12-14-21(15-13-20)22(23)24-16-17(3)5-2/h17-21H,4-16H2,1-3H3/t17-,18-,19-,20-,21-/m1/s1. The lowest BCUT2D eigenvalue weighted by Crippen LogP contribution is -2.29. The van der Waals surface area contributed by atoms with Gasteiger partial charge in [-0.3, -0.25) is 4.79 Å². The molecule has 140 valence electrons. The minimum absolute atomic E-state index is 0.0806. The number of hydrogen-bond donors (Lipinski definition) is 0. The topological polar surface area (TPSA) is 26.3 Å². The van der Waals surface area contributed by atoms with E-state index in [1.54, 1.807) is 0 Å². The van der Waals surface area contributed by atoms with Gasteiger partial charge in [-0.25, -0.2) is 0 Å². The second kappa shape index (κ2) is 10.5. The van der Waals surface area contributed by atoms with Gasteiger partial charge in [0.2, 0.25) is 0 Å². The summed E-state index contributed by atoms with van der Waals surface area (Å²) in [4.78, 5) is 12.2. The molecule has 2 aliphatic rings. The van der Waals surface area contributed by atoms with Crippen LogP contribution in [0.1, 0.15) is 97.8 Å². The average molecular weight is 337 g/mol. The quantitative estimate of drug-likeness (QED) is 0.481. The van der Waals surface area contributed by atoms with Crippen molar-refractivity contribution in [3.8, 4) is 0 Å². The predicted octanol–water partition coefficient (Wildman–Crippen LogP) is 6.38. The SMILES string of the molecule is CCCC[C@H]1CC[C@H]([C@H]2CC[C@H](C(=O)OC[C@H](C)CC)CC2)CC1. The third-order valence-electron chi connectivity index (χ3n) is 6.84. The van der Waals surface area contributed by atoms with Crippen molar-refractivity contribution in [3.05, 3.63) is 0 Å². The Hall–Kier alpha value is -0.530. The minimum atomic E-state index is 0.0806. The maximum Gasteiger partial charge on any atom is 0.308 e. The molecule has 0 aromatic rings. The third kappa shape index (κ3) is 6.08. The zero-order valence-electron chi connectivity index (χ0n) is 16.4. The summed E-state index contributed by atoms with van der Waals surface area (Å²) in [7, 11) is 0. The van der Waals surface area contributed by atoms with Gasteiger partial charge in [0.05, 0.1) is 12.5 Å². The van der Waals surface area contributed by atoms with Gasteiger partial charge in [-0.2, -0.15) is 0 Å². The van der Waals surface area contributed by atoms with E-state index in [0.29, 0.717) is 12.5 Å². The van der Waals surface area contributed by atoms with Gasteiger partial charge in [0.25, 0.3) is 0 Å². The molecule has 0 heterocycles. The third-order valence-corrected chi connectivity index (χ3v) is 6.84. The highest BCUT2D eigenvalue weighted by molar-refractivity contribution is 5.72. The van der Waals surface area contributed by atoms with Crippen molar-refractivity contribution in [2.45, 2.75) is 97.8 Å². The highest BCUT2D eigenvalue weighted by Crippen LogP contribution is 2.42. The molecule has 0 unspecified atom stereocenters. The van der Waals surface area contributed by atoms with Crippen LogP contribution in [0.3, 0.4) is 0 Å². The van der Waals surface area contributed by atoms with Gasteiger partial charge in [-0.05, 0) is 62.2 Å². The summed E-state index contributed by atoms with van der Waals surface area (Å²) in [5.41, 5.74) is 0. The van der Waals surface area contributed by atoms with E-state index in [4.69, 9.17) is 4.74 Å². The minimum Gasteiger partial charge on any atom is -0.465 e. The van der Waals surface area contributed by atoms with E-state index < -0.39 is 0 Å². The Morgan fingerprint density at radius 3 is 2.08 bits per heavy atom. The normalized spacial score (nSPS) is 32.3. The fourth-order valence-corrected chi connectivity index (χ4v) is 4.73. The molecule has 0 aromatic carbocycles. The lowest BCUT2D eigenvalue weighted by Gasteiger charge is -2.37. The smallest absolute Gasteiger partial charge is 0.308 e. The van der Waals surface area contributed by atoms with E-state index in [0.717, 1.165) is 37.0 Å². The first-order chi connectivity index (χ1) is 11.6. The Labute approximate surface area is 150 Å². The molecule has 0 radical (unpaired) electrons. The highest BCUT2D eigenvalue weighted by Gasteiger charge is 2.33. The number of esters is 1. The van der Waals surface area contributed by atoms with Crippen LogP contribution in [0.5, 0.6) is 0 Å². The largest absolute Gasteiger partial charge is 0.465 e. The fourth-order valence-electron chi connectivity index (χ4n) is 4.73. The van der Waals surface area contributed by atoms with Crippen LogP contribution in [-0.2, 0) is 9.53 Å². The molecule has 0 aliphatic heterocycles. The van der Waals surface area contributed by atoms with Crippen LogP contribution in [0.15, 0.2) is 0 Å². The average Bonchev–Trinajstić information content (AvgIpc) is 2.64. The lowest BCUT2D eigenvalue weighted by atomic mass is 9.68. The van der Waals surface area contributed by atoms with E-state index in [1.165, 1.54) is 57.8 Å². The van der Waals surface area contributed by atoms with E-state index >= 15 is 0 Å². The zero-order valence-corrected chi connectivity index (χ0v) is 16.4. The first kappa shape index (κ1) is 19.8. The van der Waals surface area contributed by atoms with Crippen molar-refractivity contribution >= 4 is 5.97 Å². The molecule has 2 saturated carbocycles. The monoisotopic (exact) mass is 336 g/mol. The molecule has 2 fully saturated rings. The van der Waals surface area contributed by atoms with Crippen molar-refractivity contribution in [3.63, 3.8) is 0 Å². The fraction of sp³-hybridized carbons (Fsp3) is 0.955. The van der Waals surface area contributed by atoms with E-state index in [-0.39, 0.29) is 11.9 Å². The second-order valence-corrected chi connectivity index (χ2v) is 8.68. The van der Waals surface area contributed by atoms with Gasteiger partial charge in [-0.15, -0.1) is 0 Å². The molecule has 2 rings (SSSR count). The van der Waals surface area contributed by atoms with Gasteiger partial charge >= 0.3 is 5.97 Å². The molecule has 2 nitrogen and oxygen atoms in total. The zero-order chi connectivity index (χ0) is 17.4. The molecule has 0 N–H and O–H groups in total. The number of carbonyl (C=O) groups excluding carboxylic acids is 1. The molecule has 1 atom stereocenters. The number of carbonyl (C=O) groups is 1.